The average Bonchev–Trinajstić information content (AvgIpc) is 2.52. The summed E-state index contributed by atoms with van der Waals surface area (Å²) in [7, 11) is 0. The van der Waals surface area contributed by atoms with Crippen LogP contribution in [-0.4, -0.2) is 17.9 Å². The van der Waals surface area contributed by atoms with Crippen molar-refractivity contribution in [3.05, 3.63) is 52.5 Å². The minimum Gasteiger partial charge on any atom is -0.491 e. The Morgan fingerprint density at radius 3 is 2.16 bits per heavy atom. The highest BCUT2D eigenvalue weighted by molar-refractivity contribution is 6.45. The van der Waals surface area contributed by atoms with E-state index >= 15 is 0 Å². The third-order valence-corrected chi connectivity index (χ3v) is 3.66. The molecule has 2 aromatic carbocycles. The second kappa shape index (κ2) is 8.03. The van der Waals surface area contributed by atoms with Crippen molar-refractivity contribution in [2.45, 2.75) is 33.8 Å². The quantitative estimate of drug-likeness (QED) is 0.798. The number of carbonyl (C=O) groups excluding carboxylic acids is 2. The van der Waals surface area contributed by atoms with Crippen LogP contribution < -0.4 is 15.4 Å². The molecule has 0 unspecified atom stereocenters. The van der Waals surface area contributed by atoms with E-state index in [9.17, 15) is 9.59 Å². The van der Waals surface area contributed by atoms with Gasteiger partial charge in [0.15, 0.2) is 0 Å². The first kappa shape index (κ1) is 18.8. The van der Waals surface area contributed by atoms with Crippen molar-refractivity contribution in [1.29, 1.82) is 0 Å². The molecular weight excluding hydrogens is 340 g/mol. The molecule has 0 radical (unpaired) electrons. The second-order valence-corrected chi connectivity index (χ2v) is 6.45. The fourth-order valence-electron chi connectivity index (χ4n) is 2.32. The molecular formula is C19H21ClN2O3. The lowest BCUT2D eigenvalue weighted by atomic mass is 10.1. The Balaban J connectivity index is 2.02. The minimum absolute atomic E-state index is 0.0636. The molecule has 0 aliphatic rings. The summed E-state index contributed by atoms with van der Waals surface area (Å²) in [5.41, 5.74) is 2.71. The van der Waals surface area contributed by atoms with Crippen LogP contribution in [0.1, 0.15) is 25.0 Å². The molecule has 0 heterocycles. The zero-order valence-electron chi connectivity index (χ0n) is 14.6. The van der Waals surface area contributed by atoms with Gasteiger partial charge >= 0.3 is 11.8 Å². The molecule has 0 aliphatic heterocycles. The van der Waals surface area contributed by atoms with Crippen molar-refractivity contribution >= 4 is 34.8 Å². The number of hydrogen-bond acceptors (Lipinski definition) is 3. The Morgan fingerprint density at radius 2 is 1.60 bits per heavy atom. The van der Waals surface area contributed by atoms with Crippen LogP contribution in [0.5, 0.6) is 5.75 Å². The number of benzene rings is 2. The molecule has 0 aromatic heterocycles. The fraction of sp³-hybridized carbons (Fsp3) is 0.263. The summed E-state index contributed by atoms with van der Waals surface area (Å²) in [6.07, 6.45) is 0.0636. The second-order valence-electron chi connectivity index (χ2n) is 6.04. The maximum Gasteiger partial charge on any atom is 0.314 e. The third kappa shape index (κ3) is 5.22. The topological polar surface area (TPSA) is 67.4 Å². The summed E-state index contributed by atoms with van der Waals surface area (Å²) in [4.78, 5) is 24.2. The van der Waals surface area contributed by atoms with Gasteiger partial charge in [-0.15, -0.1) is 0 Å². The van der Waals surface area contributed by atoms with E-state index in [0.717, 1.165) is 11.1 Å². The predicted molar refractivity (Wildman–Crippen MR) is 100 cm³/mol. The van der Waals surface area contributed by atoms with Crippen LogP contribution in [0.15, 0.2) is 36.4 Å². The summed E-state index contributed by atoms with van der Waals surface area (Å²) in [5.74, 6) is -0.857. The highest BCUT2D eigenvalue weighted by Gasteiger charge is 2.17. The maximum atomic E-state index is 12.1. The van der Waals surface area contributed by atoms with Crippen molar-refractivity contribution in [3.63, 3.8) is 0 Å². The largest absolute Gasteiger partial charge is 0.491 e. The molecule has 0 aliphatic carbocycles. The number of nitrogens with one attached hydrogen (secondary N) is 2. The molecule has 0 bridgehead atoms. The molecule has 2 rings (SSSR count). The highest BCUT2D eigenvalue weighted by Crippen LogP contribution is 2.27. The molecule has 0 atom stereocenters. The maximum absolute atomic E-state index is 12.1. The van der Waals surface area contributed by atoms with Gasteiger partial charge in [-0.3, -0.25) is 9.59 Å². The Morgan fingerprint density at radius 1 is 1.00 bits per heavy atom. The van der Waals surface area contributed by atoms with Crippen LogP contribution in [0.25, 0.3) is 0 Å². The van der Waals surface area contributed by atoms with Gasteiger partial charge in [-0.25, -0.2) is 0 Å². The molecule has 2 amide bonds. The van der Waals surface area contributed by atoms with Crippen molar-refractivity contribution in [1.82, 2.24) is 0 Å². The SMILES string of the molecule is Cc1cc(C)c(NC(=O)C(=O)Nc2ccc(OC(C)C)cc2)c(Cl)c1. The monoisotopic (exact) mass is 360 g/mol. The molecule has 0 fully saturated rings. The molecule has 0 saturated heterocycles. The van der Waals surface area contributed by atoms with E-state index in [4.69, 9.17) is 16.3 Å². The highest BCUT2D eigenvalue weighted by atomic mass is 35.5. The van der Waals surface area contributed by atoms with Crippen molar-refractivity contribution in [2.24, 2.45) is 0 Å². The fourth-order valence-corrected chi connectivity index (χ4v) is 2.69. The number of rotatable bonds is 4. The zero-order valence-corrected chi connectivity index (χ0v) is 15.4. The smallest absolute Gasteiger partial charge is 0.314 e. The van der Waals surface area contributed by atoms with Gasteiger partial charge in [0.1, 0.15) is 5.75 Å². The van der Waals surface area contributed by atoms with Crippen LogP contribution in [0.4, 0.5) is 11.4 Å². The van der Waals surface area contributed by atoms with Crippen molar-refractivity contribution in [2.75, 3.05) is 10.6 Å². The predicted octanol–water partition coefficient (Wildman–Crippen LogP) is 4.32. The molecule has 25 heavy (non-hydrogen) atoms. The van der Waals surface area contributed by atoms with Gasteiger partial charge in [0.05, 0.1) is 16.8 Å². The van der Waals surface area contributed by atoms with E-state index < -0.39 is 11.8 Å². The molecule has 5 nitrogen and oxygen atoms in total. The Labute approximate surface area is 152 Å². The summed E-state index contributed by atoms with van der Waals surface area (Å²) in [6, 6.07) is 10.4. The summed E-state index contributed by atoms with van der Waals surface area (Å²) >= 11 is 6.14. The van der Waals surface area contributed by atoms with Crippen LogP contribution >= 0.6 is 11.6 Å². The van der Waals surface area contributed by atoms with E-state index in [1.54, 1.807) is 30.3 Å². The van der Waals surface area contributed by atoms with Gasteiger partial charge in [0.2, 0.25) is 0 Å². The zero-order chi connectivity index (χ0) is 18.6. The van der Waals surface area contributed by atoms with E-state index in [-0.39, 0.29) is 6.10 Å². The first-order valence-corrected chi connectivity index (χ1v) is 8.30. The van der Waals surface area contributed by atoms with Crippen LogP contribution in [0.3, 0.4) is 0 Å². The standard InChI is InChI=1S/C19H21ClN2O3/c1-11(2)25-15-7-5-14(6-8-15)21-18(23)19(24)22-17-13(4)9-12(3)10-16(17)20/h5-11H,1-4H3,(H,21,23)(H,22,24). The molecule has 0 saturated carbocycles. The van der Waals surface area contributed by atoms with Crippen molar-refractivity contribution in [3.8, 4) is 5.75 Å². The lowest BCUT2D eigenvalue weighted by Crippen LogP contribution is -2.29. The first-order chi connectivity index (χ1) is 11.8. The van der Waals surface area contributed by atoms with Gasteiger partial charge in [-0.2, -0.15) is 0 Å². The Hall–Kier alpha value is -2.53. The van der Waals surface area contributed by atoms with Gasteiger partial charge in [0, 0.05) is 5.69 Å². The van der Waals surface area contributed by atoms with Gasteiger partial charge in [0.25, 0.3) is 0 Å². The minimum atomic E-state index is -0.781. The normalized spacial score (nSPS) is 10.5. The molecule has 132 valence electrons. The first-order valence-electron chi connectivity index (χ1n) is 7.92. The summed E-state index contributed by atoms with van der Waals surface area (Å²) < 4.78 is 5.53. The number of ether oxygens (including phenoxy) is 1. The number of halogens is 1. The number of hydrogen-bond donors (Lipinski definition) is 2. The number of amides is 2. The van der Waals surface area contributed by atoms with E-state index in [0.29, 0.717) is 22.1 Å². The van der Waals surface area contributed by atoms with Crippen molar-refractivity contribution < 1.29 is 14.3 Å². The lowest BCUT2D eigenvalue weighted by Gasteiger charge is -2.12. The van der Waals surface area contributed by atoms with Crippen LogP contribution in [0, 0.1) is 13.8 Å². The third-order valence-electron chi connectivity index (χ3n) is 3.36. The Kier molecular flexibility index (Phi) is 6.04. The van der Waals surface area contributed by atoms with E-state index in [1.807, 2.05) is 33.8 Å². The summed E-state index contributed by atoms with van der Waals surface area (Å²) in [6.45, 7) is 7.58. The van der Waals surface area contributed by atoms with E-state index in [2.05, 4.69) is 10.6 Å². The van der Waals surface area contributed by atoms with Gasteiger partial charge in [-0.05, 0) is 69.2 Å². The number of carbonyl (C=O) groups is 2. The van der Waals surface area contributed by atoms with Crippen LogP contribution in [-0.2, 0) is 9.59 Å². The molecule has 6 heteroatoms. The van der Waals surface area contributed by atoms with Crippen LogP contribution in [0.2, 0.25) is 5.02 Å². The molecule has 0 spiro atoms. The average molecular weight is 361 g/mol. The number of anilines is 2. The van der Waals surface area contributed by atoms with E-state index in [1.165, 1.54) is 0 Å². The van der Waals surface area contributed by atoms with Gasteiger partial charge < -0.3 is 15.4 Å². The van der Waals surface area contributed by atoms with Gasteiger partial charge in [-0.1, -0.05) is 17.7 Å². The number of aryl methyl sites for hydroxylation is 2. The summed E-state index contributed by atoms with van der Waals surface area (Å²) in [5, 5.41) is 5.50. The molecule has 2 N–H and O–H groups in total. The Bertz CT molecular complexity index is 763. The lowest BCUT2D eigenvalue weighted by molar-refractivity contribution is -0.133. The molecule has 2 aromatic rings.